The maximum absolute atomic E-state index is 13.1. The Kier molecular flexibility index (Phi) is 2.16. The minimum absolute atomic E-state index is 0.166. The molecule has 0 amide bonds. The molecule has 2 heterocycles. The second kappa shape index (κ2) is 3.43. The Labute approximate surface area is 93.3 Å². The van der Waals surface area contributed by atoms with E-state index in [2.05, 4.69) is 0 Å². The maximum Gasteiger partial charge on any atom is 0.136 e. The van der Waals surface area contributed by atoms with Crippen molar-refractivity contribution in [3.8, 4) is 5.75 Å². The third-order valence-corrected chi connectivity index (χ3v) is 3.36. The molecule has 2 unspecified atom stereocenters. The van der Waals surface area contributed by atoms with E-state index in [1.165, 1.54) is 12.1 Å². The summed E-state index contributed by atoms with van der Waals surface area (Å²) in [5, 5.41) is 0. The summed E-state index contributed by atoms with van der Waals surface area (Å²) in [6, 6.07) is 4.36. The molecule has 0 aromatic heterocycles. The Morgan fingerprint density at radius 1 is 1.44 bits per heavy atom. The van der Waals surface area contributed by atoms with Crippen molar-refractivity contribution in [1.82, 2.24) is 0 Å². The largest absolute Gasteiger partial charge is 0.484 e. The molecule has 2 aliphatic rings. The highest BCUT2D eigenvalue weighted by atomic mass is 19.1. The van der Waals surface area contributed by atoms with E-state index in [0.29, 0.717) is 25.4 Å². The molecular formula is C12H14FNO2. The number of ether oxygens (including phenoxy) is 2. The molecular weight excluding hydrogens is 209 g/mol. The number of fused-ring (bicyclic) bond motifs is 1. The van der Waals surface area contributed by atoms with Crippen molar-refractivity contribution in [1.29, 1.82) is 0 Å². The van der Waals surface area contributed by atoms with Crippen LogP contribution in [0.25, 0.3) is 0 Å². The van der Waals surface area contributed by atoms with Crippen LogP contribution in [0.4, 0.5) is 4.39 Å². The van der Waals surface area contributed by atoms with Gasteiger partial charge in [0, 0.05) is 24.4 Å². The van der Waals surface area contributed by atoms with Crippen molar-refractivity contribution < 1.29 is 13.9 Å². The van der Waals surface area contributed by atoms with Crippen molar-refractivity contribution >= 4 is 0 Å². The van der Waals surface area contributed by atoms with Crippen molar-refractivity contribution in [2.75, 3.05) is 13.2 Å². The molecule has 2 atom stereocenters. The first-order chi connectivity index (χ1) is 7.69. The van der Waals surface area contributed by atoms with E-state index < -0.39 is 0 Å². The molecule has 0 bridgehead atoms. The lowest BCUT2D eigenvalue weighted by molar-refractivity contribution is 0.0234. The summed E-state index contributed by atoms with van der Waals surface area (Å²) in [7, 11) is 0. The molecule has 2 N–H and O–H groups in total. The lowest BCUT2D eigenvalue weighted by Gasteiger charge is -2.37. The smallest absolute Gasteiger partial charge is 0.136 e. The molecule has 0 saturated carbocycles. The standard InChI is InChI=1S/C12H14FNO2/c13-8-1-2-11-9(5-8)10(14)6-12(16-11)3-4-15-7-12/h1-2,5,10H,3-4,6-7,14H2. The highest BCUT2D eigenvalue weighted by Gasteiger charge is 2.43. The molecule has 1 saturated heterocycles. The van der Waals surface area contributed by atoms with Gasteiger partial charge in [0.15, 0.2) is 0 Å². The molecule has 1 fully saturated rings. The normalized spacial score (nSPS) is 32.5. The fourth-order valence-corrected chi connectivity index (χ4v) is 2.52. The Bertz CT molecular complexity index is 415. The second-order valence-corrected chi connectivity index (χ2v) is 4.58. The van der Waals surface area contributed by atoms with Gasteiger partial charge in [-0.2, -0.15) is 0 Å². The predicted octanol–water partition coefficient (Wildman–Crippen LogP) is 1.77. The number of hydrogen-bond donors (Lipinski definition) is 1. The van der Waals surface area contributed by atoms with Gasteiger partial charge in [0.2, 0.25) is 0 Å². The summed E-state index contributed by atoms with van der Waals surface area (Å²) in [5.74, 6) is 0.432. The molecule has 0 aliphatic carbocycles. The molecule has 16 heavy (non-hydrogen) atoms. The lowest BCUT2D eigenvalue weighted by atomic mass is 9.87. The van der Waals surface area contributed by atoms with Gasteiger partial charge in [0.1, 0.15) is 17.2 Å². The zero-order valence-corrected chi connectivity index (χ0v) is 8.91. The molecule has 86 valence electrons. The highest BCUT2D eigenvalue weighted by Crippen LogP contribution is 2.42. The number of nitrogens with two attached hydrogens (primary N) is 1. The van der Waals surface area contributed by atoms with Crippen molar-refractivity contribution in [3.63, 3.8) is 0 Å². The molecule has 2 aliphatic heterocycles. The molecule has 1 aromatic rings. The molecule has 1 aromatic carbocycles. The van der Waals surface area contributed by atoms with E-state index in [4.69, 9.17) is 15.2 Å². The second-order valence-electron chi connectivity index (χ2n) is 4.58. The SMILES string of the molecule is NC1CC2(CCOC2)Oc2ccc(F)cc21. The van der Waals surface area contributed by atoms with E-state index >= 15 is 0 Å². The van der Waals surface area contributed by atoms with Gasteiger partial charge in [0.05, 0.1) is 13.2 Å². The maximum atomic E-state index is 13.1. The van der Waals surface area contributed by atoms with Crippen molar-refractivity contribution in [2.24, 2.45) is 5.73 Å². The van der Waals surface area contributed by atoms with Crippen LogP contribution in [0.2, 0.25) is 0 Å². The van der Waals surface area contributed by atoms with Gasteiger partial charge in [0.25, 0.3) is 0 Å². The van der Waals surface area contributed by atoms with Crippen LogP contribution in [0.3, 0.4) is 0 Å². The monoisotopic (exact) mass is 223 g/mol. The summed E-state index contributed by atoms with van der Waals surface area (Å²) < 4.78 is 24.4. The summed E-state index contributed by atoms with van der Waals surface area (Å²) in [4.78, 5) is 0. The summed E-state index contributed by atoms with van der Waals surface area (Å²) in [6.45, 7) is 1.29. The lowest BCUT2D eigenvalue weighted by Crippen LogP contribution is -2.43. The van der Waals surface area contributed by atoms with Crippen LogP contribution < -0.4 is 10.5 Å². The Balaban J connectivity index is 1.99. The summed E-state index contributed by atoms with van der Waals surface area (Å²) in [6.07, 6.45) is 1.56. The first-order valence-corrected chi connectivity index (χ1v) is 5.50. The quantitative estimate of drug-likeness (QED) is 0.729. The molecule has 4 heteroatoms. The van der Waals surface area contributed by atoms with Gasteiger partial charge < -0.3 is 15.2 Å². The van der Waals surface area contributed by atoms with Crippen molar-refractivity contribution in [2.45, 2.75) is 24.5 Å². The van der Waals surface area contributed by atoms with E-state index in [-0.39, 0.29) is 17.5 Å². The molecule has 0 radical (unpaired) electrons. The zero-order chi connectivity index (χ0) is 11.2. The van der Waals surface area contributed by atoms with E-state index in [1.807, 2.05) is 0 Å². The van der Waals surface area contributed by atoms with Crippen LogP contribution in [0.5, 0.6) is 5.75 Å². The highest BCUT2D eigenvalue weighted by molar-refractivity contribution is 5.39. The summed E-state index contributed by atoms with van der Waals surface area (Å²) >= 11 is 0. The minimum atomic E-state index is -0.287. The van der Waals surface area contributed by atoms with E-state index in [0.717, 1.165) is 12.0 Å². The van der Waals surface area contributed by atoms with Crippen LogP contribution in [0.15, 0.2) is 18.2 Å². The molecule has 1 spiro atoms. The van der Waals surface area contributed by atoms with Crippen LogP contribution >= 0.6 is 0 Å². The average Bonchev–Trinajstić information content (AvgIpc) is 2.68. The fraction of sp³-hybridized carbons (Fsp3) is 0.500. The van der Waals surface area contributed by atoms with E-state index in [1.54, 1.807) is 6.07 Å². The average molecular weight is 223 g/mol. The minimum Gasteiger partial charge on any atom is -0.484 e. The molecule has 3 nitrogen and oxygen atoms in total. The van der Waals surface area contributed by atoms with Gasteiger partial charge in [-0.25, -0.2) is 4.39 Å². The summed E-state index contributed by atoms with van der Waals surface area (Å²) in [5.41, 5.74) is 6.54. The number of benzene rings is 1. The van der Waals surface area contributed by atoms with Gasteiger partial charge in [-0.05, 0) is 18.2 Å². The van der Waals surface area contributed by atoms with Gasteiger partial charge >= 0.3 is 0 Å². The Morgan fingerprint density at radius 3 is 3.06 bits per heavy atom. The Hall–Kier alpha value is -1.13. The fourth-order valence-electron chi connectivity index (χ4n) is 2.52. The van der Waals surface area contributed by atoms with Crippen LogP contribution in [-0.2, 0) is 4.74 Å². The van der Waals surface area contributed by atoms with Crippen LogP contribution in [0, 0.1) is 5.82 Å². The first-order valence-electron chi connectivity index (χ1n) is 5.50. The van der Waals surface area contributed by atoms with Gasteiger partial charge in [-0.3, -0.25) is 0 Å². The number of halogens is 1. The molecule has 3 rings (SSSR count). The Morgan fingerprint density at radius 2 is 2.31 bits per heavy atom. The van der Waals surface area contributed by atoms with Crippen LogP contribution in [0.1, 0.15) is 24.4 Å². The number of rotatable bonds is 0. The predicted molar refractivity (Wildman–Crippen MR) is 56.7 cm³/mol. The first kappa shape index (κ1) is 10.1. The third-order valence-electron chi connectivity index (χ3n) is 3.36. The zero-order valence-electron chi connectivity index (χ0n) is 8.91. The van der Waals surface area contributed by atoms with E-state index in [9.17, 15) is 4.39 Å². The van der Waals surface area contributed by atoms with Gasteiger partial charge in [-0.1, -0.05) is 0 Å². The van der Waals surface area contributed by atoms with Gasteiger partial charge in [-0.15, -0.1) is 0 Å². The topological polar surface area (TPSA) is 44.5 Å². The number of hydrogen-bond acceptors (Lipinski definition) is 3. The van der Waals surface area contributed by atoms with Crippen LogP contribution in [-0.4, -0.2) is 18.8 Å². The third kappa shape index (κ3) is 1.49. The van der Waals surface area contributed by atoms with Crippen molar-refractivity contribution in [3.05, 3.63) is 29.6 Å².